The third-order valence-electron chi connectivity index (χ3n) is 6.96. The van der Waals surface area contributed by atoms with E-state index in [0.29, 0.717) is 19.2 Å². The van der Waals surface area contributed by atoms with Gasteiger partial charge in [-0.2, -0.15) is 0 Å². The van der Waals surface area contributed by atoms with Gasteiger partial charge < -0.3 is 29.4 Å². The third-order valence-corrected chi connectivity index (χ3v) is 6.96. The Morgan fingerprint density at radius 1 is 1.05 bits per heavy atom. The fraction of sp³-hybridized carbons (Fsp3) is 0.276. The summed E-state index contributed by atoms with van der Waals surface area (Å²) in [4.78, 5) is 26.2. The van der Waals surface area contributed by atoms with Crippen LogP contribution in [0.5, 0.6) is 17.5 Å². The summed E-state index contributed by atoms with van der Waals surface area (Å²) in [5.74, 6) is 1.59. The highest BCUT2D eigenvalue weighted by atomic mass is 16.5. The smallest absolute Gasteiger partial charge is 0.316 e. The SMILES string of the molecule is COc1ncc(C(C)Nc2ccc3c(c2)Cc2cccc(-c4cc(N5CCOCC5)cc(=O)[nH]4)c2O3)cn1. The van der Waals surface area contributed by atoms with Crippen LogP contribution < -0.4 is 25.2 Å². The van der Waals surface area contributed by atoms with Gasteiger partial charge >= 0.3 is 6.01 Å². The van der Waals surface area contributed by atoms with Crippen molar-refractivity contribution in [2.45, 2.75) is 19.4 Å². The number of nitrogens with one attached hydrogen (secondary N) is 2. The molecule has 1 atom stereocenters. The Bertz CT molecular complexity index is 1510. The minimum Gasteiger partial charge on any atom is -0.467 e. The maximum atomic E-state index is 12.6. The minimum atomic E-state index is -0.134. The number of hydrogen-bond donors (Lipinski definition) is 2. The summed E-state index contributed by atoms with van der Waals surface area (Å²) in [6.45, 7) is 4.91. The number of para-hydroxylation sites is 1. The standard InChI is InChI=1S/C29H29N5O4/c1-18(21-16-30-29(36-2)31-17-21)32-22-6-7-26-20(13-22)12-19-4-3-5-24(28(19)38-26)25-14-23(15-27(35)33-25)34-8-10-37-11-9-34/h3-7,13-18,32H,8-12H2,1-2H3,(H,33,35). The highest BCUT2D eigenvalue weighted by molar-refractivity contribution is 5.74. The molecule has 6 rings (SSSR count). The number of pyridine rings is 1. The van der Waals surface area contributed by atoms with Crippen molar-refractivity contribution in [1.29, 1.82) is 0 Å². The maximum absolute atomic E-state index is 12.6. The first-order valence-corrected chi connectivity index (χ1v) is 12.7. The molecule has 4 aromatic rings. The zero-order valence-corrected chi connectivity index (χ0v) is 21.4. The first kappa shape index (κ1) is 24.0. The zero-order chi connectivity index (χ0) is 26.1. The Balaban J connectivity index is 1.25. The van der Waals surface area contributed by atoms with E-state index in [2.05, 4.69) is 44.2 Å². The van der Waals surface area contributed by atoms with Crippen LogP contribution in [0.4, 0.5) is 11.4 Å². The number of rotatable bonds is 6. The van der Waals surface area contributed by atoms with Gasteiger partial charge in [0.1, 0.15) is 11.5 Å². The number of hydrogen-bond acceptors (Lipinski definition) is 8. The van der Waals surface area contributed by atoms with E-state index in [-0.39, 0.29) is 11.6 Å². The number of fused-ring (bicyclic) bond motifs is 2. The number of ether oxygens (including phenoxy) is 3. The Kier molecular flexibility index (Phi) is 6.43. The van der Waals surface area contributed by atoms with Gasteiger partial charge in [0.2, 0.25) is 5.56 Å². The second kappa shape index (κ2) is 10.2. The van der Waals surface area contributed by atoms with Crippen molar-refractivity contribution in [3.8, 4) is 28.8 Å². The third kappa shape index (κ3) is 4.80. The average molecular weight is 512 g/mol. The lowest BCUT2D eigenvalue weighted by molar-refractivity contribution is 0.122. The Hall–Kier alpha value is -4.37. The van der Waals surface area contributed by atoms with Crippen molar-refractivity contribution in [2.75, 3.05) is 43.6 Å². The molecule has 0 spiro atoms. The van der Waals surface area contributed by atoms with Crippen LogP contribution in [0.15, 0.2) is 65.7 Å². The lowest BCUT2D eigenvalue weighted by Crippen LogP contribution is -2.36. The molecule has 2 aromatic carbocycles. The molecule has 1 fully saturated rings. The molecule has 1 unspecified atom stereocenters. The molecule has 9 nitrogen and oxygen atoms in total. The molecule has 194 valence electrons. The molecule has 4 heterocycles. The van der Waals surface area contributed by atoms with E-state index < -0.39 is 0 Å². The van der Waals surface area contributed by atoms with Gasteiger partial charge in [-0.1, -0.05) is 12.1 Å². The highest BCUT2D eigenvalue weighted by Gasteiger charge is 2.22. The monoisotopic (exact) mass is 511 g/mol. The Morgan fingerprint density at radius 3 is 2.66 bits per heavy atom. The number of H-pyrrole nitrogens is 1. The molecule has 2 aliphatic heterocycles. The van der Waals surface area contributed by atoms with Crippen LogP contribution >= 0.6 is 0 Å². The van der Waals surface area contributed by atoms with E-state index in [1.807, 2.05) is 30.3 Å². The summed E-state index contributed by atoms with van der Waals surface area (Å²) in [6.07, 6.45) is 4.25. The van der Waals surface area contributed by atoms with Crippen molar-refractivity contribution in [3.63, 3.8) is 0 Å². The van der Waals surface area contributed by atoms with Gasteiger partial charge in [-0.25, -0.2) is 9.97 Å². The lowest BCUT2D eigenvalue weighted by atomic mass is 9.96. The van der Waals surface area contributed by atoms with Gasteiger partial charge in [0, 0.05) is 66.0 Å². The van der Waals surface area contributed by atoms with Crippen molar-refractivity contribution in [3.05, 3.63) is 88.0 Å². The minimum absolute atomic E-state index is 0.0120. The van der Waals surface area contributed by atoms with E-state index in [1.54, 1.807) is 25.6 Å². The van der Waals surface area contributed by atoms with Gasteiger partial charge in [-0.05, 0) is 42.8 Å². The summed E-state index contributed by atoms with van der Waals surface area (Å²) in [7, 11) is 1.55. The average Bonchev–Trinajstić information content (AvgIpc) is 2.96. The second-order valence-corrected chi connectivity index (χ2v) is 9.48. The number of anilines is 2. The summed E-state index contributed by atoms with van der Waals surface area (Å²) in [6, 6.07) is 16.2. The van der Waals surface area contributed by atoms with Crippen LogP contribution in [-0.4, -0.2) is 48.4 Å². The molecular formula is C29H29N5O4. The molecule has 0 amide bonds. The van der Waals surface area contributed by atoms with Gasteiger partial charge in [0.15, 0.2) is 0 Å². The van der Waals surface area contributed by atoms with E-state index in [4.69, 9.17) is 14.2 Å². The van der Waals surface area contributed by atoms with E-state index >= 15 is 0 Å². The number of benzene rings is 2. The van der Waals surface area contributed by atoms with Crippen molar-refractivity contribution in [2.24, 2.45) is 0 Å². The molecule has 0 bridgehead atoms. The molecule has 0 radical (unpaired) electrons. The normalized spacial score (nSPS) is 15.2. The number of nitrogens with zero attached hydrogens (tertiary/aromatic N) is 3. The molecule has 2 N–H and O–H groups in total. The van der Waals surface area contributed by atoms with Crippen LogP contribution in [0.2, 0.25) is 0 Å². The summed E-state index contributed by atoms with van der Waals surface area (Å²) in [5, 5.41) is 3.52. The summed E-state index contributed by atoms with van der Waals surface area (Å²) >= 11 is 0. The Labute approximate surface area is 220 Å². The van der Waals surface area contributed by atoms with Crippen molar-refractivity contribution < 1.29 is 14.2 Å². The summed E-state index contributed by atoms with van der Waals surface area (Å²) in [5.41, 5.74) is 6.48. The van der Waals surface area contributed by atoms with Crippen LogP contribution in [0, 0.1) is 0 Å². The molecule has 0 aliphatic carbocycles. The van der Waals surface area contributed by atoms with Crippen LogP contribution in [0.25, 0.3) is 11.3 Å². The quantitative estimate of drug-likeness (QED) is 0.343. The molecular weight excluding hydrogens is 482 g/mol. The van der Waals surface area contributed by atoms with Gasteiger partial charge in [0.25, 0.3) is 0 Å². The highest BCUT2D eigenvalue weighted by Crippen LogP contribution is 2.43. The number of methoxy groups -OCH3 is 1. The topological polar surface area (TPSA) is 102 Å². The fourth-order valence-electron chi connectivity index (χ4n) is 4.95. The Morgan fingerprint density at radius 2 is 1.87 bits per heavy atom. The number of aromatic nitrogens is 3. The number of aromatic amines is 1. The van der Waals surface area contributed by atoms with Crippen molar-refractivity contribution in [1.82, 2.24) is 15.0 Å². The molecule has 2 aromatic heterocycles. The molecule has 2 aliphatic rings. The molecule has 9 heteroatoms. The van der Waals surface area contributed by atoms with Gasteiger partial charge in [-0.15, -0.1) is 0 Å². The predicted octanol–water partition coefficient (Wildman–Crippen LogP) is 4.55. The van der Waals surface area contributed by atoms with Gasteiger partial charge in [0.05, 0.1) is 32.1 Å². The summed E-state index contributed by atoms with van der Waals surface area (Å²) < 4.78 is 17.0. The first-order valence-electron chi connectivity index (χ1n) is 12.7. The zero-order valence-electron chi connectivity index (χ0n) is 21.4. The van der Waals surface area contributed by atoms with E-state index in [0.717, 1.165) is 70.3 Å². The van der Waals surface area contributed by atoms with Crippen LogP contribution in [0.1, 0.15) is 29.7 Å². The molecule has 0 saturated carbocycles. The largest absolute Gasteiger partial charge is 0.467 e. The lowest BCUT2D eigenvalue weighted by Gasteiger charge is -2.29. The molecule has 1 saturated heterocycles. The predicted molar refractivity (Wildman–Crippen MR) is 145 cm³/mol. The van der Waals surface area contributed by atoms with Crippen LogP contribution in [-0.2, 0) is 11.2 Å². The number of morpholine rings is 1. The fourth-order valence-corrected chi connectivity index (χ4v) is 4.95. The molecule has 38 heavy (non-hydrogen) atoms. The second-order valence-electron chi connectivity index (χ2n) is 9.48. The van der Waals surface area contributed by atoms with E-state index in [1.165, 1.54) is 0 Å². The first-order chi connectivity index (χ1) is 18.6. The van der Waals surface area contributed by atoms with Crippen molar-refractivity contribution >= 4 is 11.4 Å². The van der Waals surface area contributed by atoms with Gasteiger partial charge in [-0.3, -0.25) is 4.79 Å². The van der Waals surface area contributed by atoms with E-state index in [9.17, 15) is 4.79 Å². The maximum Gasteiger partial charge on any atom is 0.316 e. The van der Waals surface area contributed by atoms with Crippen LogP contribution in [0.3, 0.4) is 0 Å².